The smallest absolute Gasteiger partial charge is 0.219 e. The molecule has 0 unspecified atom stereocenters. The standard InChI is InChI=1S/C11H23NO/c1-7-11(5,8-2)9(3)12(6)10(4)13/h9H,7-8H2,1-6H3/t9-/m0/s1. The Morgan fingerprint density at radius 1 is 1.38 bits per heavy atom. The summed E-state index contributed by atoms with van der Waals surface area (Å²) in [6.45, 7) is 10.4. The number of amides is 1. The van der Waals surface area contributed by atoms with E-state index in [0.29, 0.717) is 6.04 Å². The minimum Gasteiger partial charge on any atom is -0.343 e. The number of hydrogen-bond donors (Lipinski definition) is 0. The van der Waals surface area contributed by atoms with Crippen molar-refractivity contribution in [1.82, 2.24) is 4.90 Å². The monoisotopic (exact) mass is 185 g/mol. The van der Waals surface area contributed by atoms with Crippen LogP contribution < -0.4 is 0 Å². The van der Waals surface area contributed by atoms with Crippen LogP contribution >= 0.6 is 0 Å². The van der Waals surface area contributed by atoms with Crippen molar-refractivity contribution in [3.05, 3.63) is 0 Å². The summed E-state index contributed by atoms with van der Waals surface area (Å²) in [5.74, 6) is 0.153. The summed E-state index contributed by atoms with van der Waals surface area (Å²) in [6, 6.07) is 0.319. The van der Waals surface area contributed by atoms with Gasteiger partial charge in [0.15, 0.2) is 0 Å². The van der Waals surface area contributed by atoms with Gasteiger partial charge >= 0.3 is 0 Å². The summed E-state index contributed by atoms with van der Waals surface area (Å²) >= 11 is 0. The summed E-state index contributed by atoms with van der Waals surface area (Å²) in [5, 5.41) is 0. The zero-order valence-electron chi connectivity index (χ0n) is 9.85. The molecule has 0 aromatic rings. The van der Waals surface area contributed by atoms with Crippen LogP contribution in [0.15, 0.2) is 0 Å². The van der Waals surface area contributed by atoms with Gasteiger partial charge in [0.1, 0.15) is 0 Å². The highest BCUT2D eigenvalue weighted by Crippen LogP contribution is 2.32. The molecule has 1 amide bonds. The average molecular weight is 185 g/mol. The van der Waals surface area contributed by atoms with Gasteiger partial charge in [-0.3, -0.25) is 4.79 Å². The van der Waals surface area contributed by atoms with Crippen molar-refractivity contribution in [2.75, 3.05) is 7.05 Å². The Morgan fingerprint density at radius 2 is 1.77 bits per heavy atom. The van der Waals surface area contributed by atoms with E-state index >= 15 is 0 Å². The van der Waals surface area contributed by atoms with Crippen LogP contribution in [-0.4, -0.2) is 23.9 Å². The van der Waals surface area contributed by atoms with Crippen molar-refractivity contribution < 1.29 is 4.79 Å². The second-order valence-electron chi connectivity index (χ2n) is 4.17. The van der Waals surface area contributed by atoms with Crippen molar-refractivity contribution in [3.8, 4) is 0 Å². The number of hydrogen-bond acceptors (Lipinski definition) is 1. The second kappa shape index (κ2) is 4.64. The predicted octanol–water partition coefficient (Wildman–Crippen LogP) is 2.68. The molecular formula is C11H23NO. The topological polar surface area (TPSA) is 20.3 Å². The highest BCUT2D eigenvalue weighted by molar-refractivity contribution is 5.73. The minimum atomic E-state index is 0.153. The van der Waals surface area contributed by atoms with Crippen LogP contribution in [0.25, 0.3) is 0 Å². The number of nitrogens with zero attached hydrogens (tertiary/aromatic N) is 1. The molecule has 0 spiro atoms. The Morgan fingerprint density at radius 3 is 2.00 bits per heavy atom. The Hall–Kier alpha value is -0.530. The van der Waals surface area contributed by atoms with E-state index in [-0.39, 0.29) is 11.3 Å². The number of carbonyl (C=O) groups excluding carboxylic acids is 1. The summed E-state index contributed by atoms with van der Waals surface area (Å²) in [7, 11) is 1.89. The fourth-order valence-corrected chi connectivity index (χ4v) is 1.58. The maximum absolute atomic E-state index is 11.2. The van der Waals surface area contributed by atoms with E-state index in [1.54, 1.807) is 6.92 Å². The molecule has 0 bridgehead atoms. The zero-order valence-corrected chi connectivity index (χ0v) is 9.85. The van der Waals surface area contributed by atoms with E-state index in [2.05, 4.69) is 27.7 Å². The first-order valence-corrected chi connectivity index (χ1v) is 5.12. The fraction of sp³-hybridized carbons (Fsp3) is 0.909. The molecule has 0 aromatic heterocycles. The SMILES string of the molecule is CCC(C)(CC)[C@H](C)N(C)C(C)=O. The first-order valence-electron chi connectivity index (χ1n) is 5.12. The lowest BCUT2D eigenvalue weighted by Crippen LogP contribution is -2.44. The molecule has 0 saturated heterocycles. The maximum Gasteiger partial charge on any atom is 0.219 e. The third-order valence-corrected chi connectivity index (χ3v) is 3.70. The normalized spacial score (nSPS) is 14.0. The molecule has 2 heteroatoms. The average Bonchev–Trinajstić information content (AvgIpc) is 2.14. The van der Waals surface area contributed by atoms with E-state index < -0.39 is 0 Å². The van der Waals surface area contributed by atoms with Gasteiger partial charge in [-0.2, -0.15) is 0 Å². The van der Waals surface area contributed by atoms with Gasteiger partial charge in [0.05, 0.1) is 0 Å². The molecule has 0 heterocycles. The van der Waals surface area contributed by atoms with Crippen molar-refractivity contribution in [1.29, 1.82) is 0 Å². The summed E-state index contributed by atoms with van der Waals surface area (Å²) in [5.41, 5.74) is 0.250. The quantitative estimate of drug-likeness (QED) is 0.659. The highest BCUT2D eigenvalue weighted by Gasteiger charge is 2.31. The van der Waals surface area contributed by atoms with Gasteiger partial charge in [0, 0.05) is 20.0 Å². The second-order valence-corrected chi connectivity index (χ2v) is 4.17. The molecule has 0 aromatic carbocycles. The first-order chi connectivity index (χ1) is 5.89. The van der Waals surface area contributed by atoms with Gasteiger partial charge in [-0.05, 0) is 25.2 Å². The predicted molar refractivity (Wildman–Crippen MR) is 56.6 cm³/mol. The maximum atomic E-state index is 11.2. The van der Waals surface area contributed by atoms with Gasteiger partial charge in [0.25, 0.3) is 0 Å². The van der Waals surface area contributed by atoms with Crippen LogP contribution in [0, 0.1) is 5.41 Å². The van der Waals surface area contributed by atoms with Crippen LogP contribution in [0.4, 0.5) is 0 Å². The van der Waals surface area contributed by atoms with Crippen molar-refractivity contribution in [3.63, 3.8) is 0 Å². The van der Waals surface area contributed by atoms with Crippen molar-refractivity contribution in [2.24, 2.45) is 5.41 Å². The Balaban J connectivity index is 4.54. The Labute approximate surface area is 82.3 Å². The van der Waals surface area contributed by atoms with E-state index in [9.17, 15) is 4.79 Å². The molecule has 0 aliphatic heterocycles. The van der Waals surface area contributed by atoms with Crippen LogP contribution in [0.5, 0.6) is 0 Å². The van der Waals surface area contributed by atoms with E-state index in [1.165, 1.54) is 0 Å². The minimum absolute atomic E-state index is 0.153. The first kappa shape index (κ1) is 12.5. The molecule has 13 heavy (non-hydrogen) atoms. The Bertz CT molecular complexity index is 173. The lowest BCUT2D eigenvalue weighted by Gasteiger charge is -2.39. The highest BCUT2D eigenvalue weighted by atomic mass is 16.2. The zero-order chi connectivity index (χ0) is 10.6. The largest absolute Gasteiger partial charge is 0.343 e. The molecule has 2 nitrogen and oxygen atoms in total. The van der Waals surface area contributed by atoms with Gasteiger partial charge in [0.2, 0.25) is 5.91 Å². The summed E-state index contributed by atoms with van der Waals surface area (Å²) in [4.78, 5) is 13.0. The van der Waals surface area contributed by atoms with E-state index in [1.807, 2.05) is 11.9 Å². The van der Waals surface area contributed by atoms with E-state index in [4.69, 9.17) is 0 Å². The van der Waals surface area contributed by atoms with Crippen LogP contribution in [0.1, 0.15) is 47.5 Å². The molecule has 0 rings (SSSR count). The van der Waals surface area contributed by atoms with E-state index in [0.717, 1.165) is 12.8 Å². The van der Waals surface area contributed by atoms with Gasteiger partial charge in [-0.15, -0.1) is 0 Å². The molecule has 78 valence electrons. The number of carbonyl (C=O) groups is 1. The molecule has 1 atom stereocenters. The van der Waals surface area contributed by atoms with Crippen molar-refractivity contribution in [2.45, 2.75) is 53.5 Å². The van der Waals surface area contributed by atoms with Gasteiger partial charge < -0.3 is 4.90 Å². The third kappa shape index (κ3) is 2.71. The summed E-state index contributed by atoms with van der Waals surface area (Å²) < 4.78 is 0. The molecule has 0 aliphatic rings. The third-order valence-electron chi connectivity index (χ3n) is 3.70. The van der Waals surface area contributed by atoms with Crippen LogP contribution in [0.3, 0.4) is 0 Å². The van der Waals surface area contributed by atoms with Gasteiger partial charge in [-0.1, -0.05) is 20.8 Å². The Kier molecular flexibility index (Phi) is 4.45. The molecule has 0 fully saturated rings. The molecule has 0 N–H and O–H groups in total. The summed E-state index contributed by atoms with van der Waals surface area (Å²) in [6.07, 6.45) is 2.23. The van der Waals surface area contributed by atoms with Crippen LogP contribution in [-0.2, 0) is 4.79 Å². The molecule has 0 saturated carbocycles. The number of rotatable bonds is 4. The fourth-order valence-electron chi connectivity index (χ4n) is 1.58. The lowest BCUT2D eigenvalue weighted by atomic mass is 9.77. The molecular weight excluding hydrogens is 162 g/mol. The molecule has 0 radical (unpaired) electrons. The molecule has 0 aliphatic carbocycles. The van der Waals surface area contributed by atoms with Gasteiger partial charge in [-0.25, -0.2) is 0 Å². The van der Waals surface area contributed by atoms with Crippen LogP contribution in [0.2, 0.25) is 0 Å². The lowest BCUT2D eigenvalue weighted by molar-refractivity contribution is -0.131. The van der Waals surface area contributed by atoms with Crippen molar-refractivity contribution >= 4 is 5.91 Å².